The first kappa shape index (κ1) is 68.7. The number of hydrogen-bond donors (Lipinski definition) is 0. The van der Waals surface area contributed by atoms with E-state index in [4.69, 9.17) is 38.7 Å². The van der Waals surface area contributed by atoms with Crippen molar-refractivity contribution in [2.24, 2.45) is 0 Å². The van der Waals surface area contributed by atoms with Gasteiger partial charge in [-0.2, -0.15) is 0 Å². The van der Waals surface area contributed by atoms with Crippen LogP contribution in [0, 0.1) is 0 Å². The van der Waals surface area contributed by atoms with Crippen molar-refractivity contribution in [2.75, 3.05) is 0 Å². The summed E-state index contributed by atoms with van der Waals surface area (Å²) < 4.78 is 17.9. The van der Waals surface area contributed by atoms with Crippen LogP contribution in [0.3, 0.4) is 0 Å². The molecule has 0 aliphatic carbocycles. The molecule has 0 fully saturated rings. The fraction of sp³-hybridized carbons (Fsp3) is 0. The van der Waals surface area contributed by atoms with Crippen LogP contribution in [0.15, 0.2) is 421 Å². The van der Waals surface area contributed by atoms with Crippen LogP contribution in [0.4, 0.5) is 0 Å². The van der Waals surface area contributed by atoms with Crippen LogP contribution < -0.4 is 0 Å². The molecule has 6 aromatic heterocycles. The van der Waals surface area contributed by atoms with E-state index in [1.165, 1.54) is 60.3 Å². The Morgan fingerprint density at radius 1 is 0.161 bits per heavy atom. The number of fused-ring (bicyclic) bond motifs is 12. The van der Waals surface area contributed by atoms with Crippen molar-refractivity contribution in [3.05, 3.63) is 413 Å². The van der Waals surface area contributed by atoms with Crippen molar-refractivity contribution in [1.82, 2.24) is 39.0 Å². The number of furan rings is 2. The lowest BCUT2D eigenvalue weighted by atomic mass is 9.95. The molecule has 10 heteroatoms. The maximum atomic E-state index is 6.58. The van der Waals surface area contributed by atoms with Gasteiger partial charge in [0.15, 0.2) is 34.9 Å². The van der Waals surface area contributed by atoms with Crippen molar-refractivity contribution < 1.29 is 8.83 Å². The Kier molecular flexibility index (Phi) is 17.0. The molecule has 23 aromatic rings. The normalized spacial score (nSPS) is 11.6. The molecule has 0 radical (unpaired) electrons. The summed E-state index contributed by atoms with van der Waals surface area (Å²) >= 11 is 0. The summed E-state index contributed by atoms with van der Waals surface area (Å²) in [6.45, 7) is 0. The molecular weight excluding hydrogens is 1440 g/mol. The number of benzene rings is 17. The third kappa shape index (κ3) is 12.5. The van der Waals surface area contributed by atoms with Gasteiger partial charge >= 0.3 is 0 Å². The van der Waals surface area contributed by atoms with Gasteiger partial charge in [0, 0.05) is 87.8 Å². The zero-order valence-electron chi connectivity index (χ0n) is 63.7. The van der Waals surface area contributed by atoms with Crippen LogP contribution in [0.5, 0.6) is 0 Å². The monoisotopic (exact) mass is 1510 g/mol. The highest BCUT2D eigenvalue weighted by molar-refractivity contribution is 6.16. The van der Waals surface area contributed by atoms with Gasteiger partial charge in [-0.05, 0) is 153 Å². The van der Waals surface area contributed by atoms with E-state index in [1.54, 1.807) is 0 Å². The molecule has 6 heterocycles. The van der Waals surface area contributed by atoms with Crippen molar-refractivity contribution in [3.63, 3.8) is 0 Å². The first-order chi connectivity index (χ1) is 58.5. The topological polar surface area (TPSA) is 113 Å². The highest BCUT2D eigenvalue weighted by atomic mass is 16.3. The summed E-state index contributed by atoms with van der Waals surface area (Å²) in [7, 11) is 0. The van der Waals surface area contributed by atoms with E-state index in [0.717, 1.165) is 128 Å². The molecule has 0 aliphatic heterocycles. The number of para-hydroxylation sites is 4. The number of aromatic nitrogens is 8. The predicted octanol–water partition coefficient (Wildman–Crippen LogP) is 28.1. The van der Waals surface area contributed by atoms with E-state index in [-0.39, 0.29) is 0 Å². The first-order valence-electron chi connectivity index (χ1n) is 39.6. The maximum absolute atomic E-state index is 6.58. The number of nitrogens with zero attached hydrogens (tertiary/aromatic N) is 8. The smallest absolute Gasteiger partial charge is 0.164 e. The molecule has 118 heavy (non-hydrogen) atoms. The Balaban J connectivity index is 0.000000143. The van der Waals surface area contributed by atoms with Gasteiger partial charge in [0.2, 0.25) is 0 Å². The Hall–Kier alpha value is -16.0. The lowest BCUT2D eigenvalue weighted by Gasteiger charge is -2.10. The van der Waals surface area contributed by atoms with Gasteiger partial charge in [-0.25, -0.2) is 29.9 Å². The van der Waals surface area contributed by atoms with Crippen LogP contribution in [0.2, 0.25) is 0 Å². The fourth-order valence-electron chi connectivity index (χ4n) is 16.9. The Labute approximate surface area is 678 Å². The maximum Gasteiger partial charge on any atom is 0.164 e. The zero-order chi connectivity index (χ0) is 78.0. The van der Waals surface area contributed by atoms with Gasteiger partial charge in [0.25, 0.3) is 0 Å². The molecule has 23 rings (SSSR count). The van der Waals surface area contributed by atoms with E-state index in [2.05, 4.69) is 282 Å². The summed E-state index contributed by atoms with van der Waals surface area (Å²) in [5.74, 6) is 3.69. The molecular formula is C108H68N8O2. The minimum Gasteiger partial charge on any atom is -0.456 e. The van der Waals surface area contributed by atoms with Crippen LogP contribution >= 0.6 is 0 Å². The van der Waals surface area contributed by atoms with Gasteiger partial charge in [0.05, 0.1) is 22.1 Å². The largest absolute Gasteiger partial charge is 0.456 e. The predicted molar refractivity (Wildman–Crippen MR) is 483 cm³/mol. The third-order valence-corrected chi connectivity index (χ3v) is 22.5. The minimum atomic E-state index is 0.593. The van der Waals surface area contributed by atoms with Gasteiger partial charge in [-0.15, -0.1) is 0 Å². The van der Waals surface area contributed by atoms with E-state index >= 15 is 0 Å². The summed E-state index contributed by atoms with van der Waals surface area (Å²) in [4.78, 5) is 29.5. The molecule has 0 amide bonds. The first-order valence-corrected chi connectivity index (χ1v) is 39.6. The average molecular weight is 1510 g/mol. The zero-order valence-corrected chi connectivity index (χ0v) is 63.7. The van der Waals surface area contributed by atoms with Crippen molar-refractivity contribution >= 4 is 87.5 Å². The highest BCUT2D eigenvalue weighted by Gasteiger charge is 2.22. The second-order valence-electron chi connectivity index (χ2n) is 29.6. The van der Waals surface area contributed by atoms with Crippen LogP contribution in [-0.2, 0) is 0 Å². The number of rotatable bonds is 13. The average Bonchev–Trinajstić information content (AvgIpc) is 1.62. The molecule has 0 N–H and O–H groups in total. The summed E-state index contributed by atoms with van der Waals surface area (Å²) in [5, 5.41) is 9.23. The summed E-state index contributed by atoms with van der Waals surface area (Å²) in [6, 6.07) is 144. The summed E-state index contributed by atoms with van der Waals surface area (Å²) in [6.07, 6.45) is 0. The van der Waals surface area contributed by atoms with E-state index < -0.39 is 0 Å². The summed E-state index contributed by atoms with van der Waals surface area (Å²) in [5.41, 5.74) is 27.3. The molecule has 0 bridgehead atoms. The Bertz CT molecular complexity index is 7660. The standard InChI is InChI=1S/C57H36N4O.C51H32N4O/c1-4-14-39(15-5-1)55-58-56(40-16-6-2-7-17-40)60-57(59-55)44-31-33-49-53(36-44)62-52-25-13-23-46(54(49)52)38-28-26-37(27-29-38)41-18-12-19-42(34-41)43-30-32-48-47-22-10-11-24-50(47)61(51(48)35-43)45-20-8-3-9-21-45;1-4-14-33(15-5-1)49-52-50(34-16-6-2-7-17-34)54-51(53-49)38-27-29-43-47(32-38)56-46-25-13-23-40(48(43)46)37-19-12-18-35(30-37)36-26-28-42-41-22-10-11-24-44(41)55(45(42)31-36)39-20-8-3-9-21-39/h1-36H;1-32H. The van der Waals surface area contributed by atoms with E-state index in [9.17, 15) is 0 Å². The second kappa shape index (κ2) is 29.2. The lowest BCUT2D eigenvalue weighted by molar-refractivity contribution is 0.668. The minimum absolute atomic E-state index is 0.593. The Morgan fingerprint density at radius 3 is 0.856 bits per heavy atom. The van der Waals surface area contributed by atoms with Crippen molar-refractivity contribution in [1.29, 1.82) is 0 Å². The SMILES string of the molecule is c1ccc(-c2nc(-c3ccccc3)nc(-c3ccc4c(c3)oc3cccc(-c5ccc(-c6cccc(-c7ccc8c9ccccc9n(-c9ccccc9)c8c7)c6)cc5)c34)n2)cc1.c1ccc(-c2nc(-c3ccccc3)nc(-c3ccc4c(c3)oc3cccc(-c5cccc(-c6ccc7c8ccccc8n(-c8ccccc8)c7c6)c5)c34)n2)cc1. The fourth-order valence-corrected chi connectivity index (χ4v) is 16.9. The molecule has 0 unspecified atom stereocenters. The van der Waals surface area contributed by atoms with Crippen LogP contribution in [-0.4, -0.2) is 39.0 Å². The molecule has 17 aromatic carbocycles. The van der Waals surface area contributed by atoms with Gasteiger partial charge in [-0.3, -0.25) is 0 Å². The van der Waals surface area contributed by atoms with Gasteiger partial charge < -0.3 is 18.0 Å². The molecule has 0 saturated heterocycles. The molecule has 0 aliphatic rings. The highest BCUT2D eigenvalue weighted by Crippen LogP contribution is 2.44. The number of hydrogen-bond acceptors (Lipinski definition) is 8. The van der Waals surface area contributed by atoms with Crippen molar-refractivity contribution in [3.8, 4) is 135 Å². The molecule has 0 spiro atoms. The molecule has 10 nitrogen and oxygen atoms in total. The van der Waals surface area contributed by atoms with Gasteiger partial charge in [0.1, 0.15) is 22.3 Å². The molecule has 552 valence electrons. The van der Waals surface area contributed by atoms with E-state index in [0.29, 0.717) is 34.9 Å². The molecule has 0 saturated carbocycles. The molecule has 0 atom stereocenters. The second-order valence-corrected chi connectivity index (χ2v) is 29.6. The lowest BCUT2D eigenvalue weighted by Crippen LogP contribution is -2.00. The third-order valence-electron chi connectivity index (χ3n) is 22.5. The van der Waals surface area contributed by atoms with Crippen LogP contribution in [0.25, 0.3) is 223 Å². The van der Waals surface area contributed by atoms with Crippen molar-refractivity contribution in [2.45, 2.75) is 0 Å². The Morgan fingerprint density at radius 2 is 0.441 bits per heavy atom. The van der Waals surface area contributed by atoms with Crippen LogP contribution in [0.1, 0.15) is 0 Å². The van der Waals surface area contributed by atoms with Gasteiger partial charge in [-0.1, -0.05) is 315 Å². The van der Waals surface area contributed by atoms with E-state index in [1.807, 2.05) is 140 Å². The quantitative estimate of drug-likeness (QED) is 0.112.